The van der Waals surface area contributed by atoms with Gasteiger partial charge in [-0.15, -0.1) is 0 Å². The van der Waals surface area contributed by atoms with Crippen LogP contribution in [0.1, 0.15) is 59.6 Å². The van der Waals surface area contributed by atoms with Gasteiger partial charge in [-0.25, -0.2) is 0 Å². The normalized spacial score (nSPS) is 32.6. The van der Waals surface area contributed by atoms with Crippen LogP contribution < -0.4 is 16.2 Å². The average Bonchev–Trinajstić information content (AvgIpc) is 3.43. The highest BCUT2D eigenvalue weighted by Crippen LogP contribution is 2.54. The summed E-state index contributed by atoms with van der Waals surface area (Å²) >= 11 is 0. The number of hydrogen-bond donors (Lipinski definition) is 6. The lowest BCUT2D eigenvalue weighted by molar-refractivity contribution is -0.145. The first-order chi connectivity index (χ1) is 19.5. The van der Waals surface area contributed by atoms with E-state index in [4.69, 9.17) is 20.9 Å². The van der Waals surface area contributed by atoms with Crippen LogP contribution in [0.5, 0.6) is 11.5 Å². The van der Waals surface area contributed by atoms with Crippen molar-refractivity contribution in [1.29, 1.82) is 0 Å². The molecule has 0 radical (unpaired) electrons. The Hall–Kier alpha value is -3.45. The van der Waals surface area contributed by atoms with Crippen molar-refractivity contribution in [1.82, 2.24) is 4.90 Å². The zero-order valence-electron chi connectivity index (χ0n) is 22.8. The van der Waals surface area contributed by atoms with Gasteiger partial charge < -0.3 is 41.4 Å². The Morgan fingerprint density at radius 3 is 2.54 bits per heavy atom. The summed E-state index contributed by atoms with van der Waals surface area (Å²) in [5, 5.41) is 44.6. The fourth-order valence-electron chi connectivity index (χ4n) is 7.85. The van der Waals surface area contributed by atoms with Gasteiger partial charge in [-0.3, -0.25) is 19.3 Å². The monoisotopic (exact) mass is 569 g/mol. The second kappa shape index (κ2) is 9.83. The predicted molar refractivity (Wildman–Crippen MR) is 143 cm³/mol. The first-order valence-corrected chi connectivity index (χ1v) is 14.0. The molecule has 41 heavy (non-hydrogen) atoms. The van der Waals surface area contributed by atoms with Crippen molar-refractivity contribution in [2.75, 3.05) is 26.9 Å². The number of aromatic hydroxyl groups is 1. The summed E-state index contributed by atoms with van der Waals surface area (Å²) in [4.78, 5) is 41.5. The fraction of sp³-hybridized carbons (Fsp3) is 0.552. The molecule has 2 saturated heterocycles. The zero-order valence-corrected chi connectivity index (χ0v) is 22.8. The van der Waals surface area contributed by atoms with Crippen LogP contribution in [0.15, 0.2) is 28.7 Å². The van der Waals surface area contributed by atoms with Crippen LogP contribution in [0.4, 0.5) is 0 Å². The lowest BCUT2D eigenvalue weighted by Crippen LogP contribution is -2.63. The van der Waals surface area contributed by atoms with E-state index in [9.17, 15) is 34.8 Å². The molecule has 0 unspecified atom stereocenters. The third-order valence-corrected chi connectivity index (χ3v) is 9.75. The first kappa shape index (κ1) is 27.7. The first-order valence-electron chi connectivity index (χ1n) is 14.0. The molecule has 1 aromatic rings. The zero-order chi connectivity index (χ0) is 29.4. The molecule has 220 valence electrons. The number of hydrogen-bond acceptors (Lipinski definition) is 11. The number of methoxy groups -OCH3 is 1. The molecular weight excluding hydrogens is 534 g/mol. The number of fused-ring (bicyclic) bond motifs is 3. The van der Waals surface area contributed by atoms with Crippen molar-refractivity contribution in [2.45, 2.75) is 62.3 Å². The average molecular weight is 570 g/mol. The largest absolute Gasteiger partial charge is 0.510 e. The minimum Gasteiger partial charge on any atom is -0.510 e. The molecule has 0 aromatic heterocycles. The second-order valence-electron chi connectivity index (χ2n) is 11.7. The number of phenols is 1. The highest BCUT2D eigenvalue weighted by atomic mass is 16.5. The van der Waals surface area contributed by atoms with Crippen LogP contribution >= 0.6 is 0 Å². The van der Waals surface area contributed by atoms with E-state index < -0.39 is 58.0 Å². The van der Waals surface area contributed by atoms with Gasteiger partial charge in [-0.2, -0.15) is 0 Å². The van der Waals surface area contributed by atoms with Gasteiger partial charge in [0.25, 0.3) is 5.91 Å². The summed E-state index contributed by atoms with van der Waals surface area (Å²) in [5.41, 5.74) is 8.74. The number of aliphatic hydroxyl groups is 3. The second-order valence-corrected chi connectivity index (χ2v) is 11.7. The standard InChI is InChI=1S/C29H35N3O9/c1-40-25-14(17-3-2-6-32(17)13-4-7-41-8-5-13)11-18(33)20-15(25)9-12-10-16-22(30)24(35)21(28(31)38)27(37)29(16,39)26(36)19(12)23(20)34/h11-13,16-17,22,33,35-36,39H,2-10,30H2,1H3,(H2,31,38)/t12-,16-,17-,22-,29-/m0/s1. The predicted octanol–water partition coefficient (Wildman–Crippen LogP) is 0.842. The van der Waals surface area contributed by atoms with Crippen LogP contribution in [0.25, 0.3) is 0 Å². The number of rotatable bonds is 4. The molecule has 5 atom stereocenters. The number of ether oxygens (including phenoxy) is 2. The van der Waals surface area contributed by atoms with Crippen molar-refractivity contribution in [3.8, 4) is 11.5 Å². The Kier molecular flexibility index (Phi) is 6.64. The Bertz CT molecular complexity index is 1410. The molecular formula is C29H35N3O9. The molecule has 2 aliphatic heterocycles. The highest BCUT2D eigenvalue weighted by Gasteiger charge is 2.62. The number of Topliss-reactive ketones (excluding diaryl/α,β-unsaturated/α-hetero) is 2. The number of benzene rings is 1. The van der Waals surface area contributed by atoms with Crippen molar-refractivity contribution in [3.63, 3.8) is 0 Å². The molecule has 0 bridgehead atoms. The summed E-state index contributed by atoms with van der Waals surface area (Å²) in [6.07, 6.45) is 3.74. The smallest absolute Gasteiger partial charge is 0.255 e. The van der Waals surface area contributed by atoms with E-state index >= 15 is 0 Å². The summed E-state index contributed by atoms with van der Waals surface area (Å²) in [6.45, 7) is 2.29. The fourth-order valence-corrected chi connectivity index (χ4v) is 7.85. The summed E-state index contributed by atoms with van der Waals surface area (Å²) in [7, 11) is 1.51. The Morgan fingerprint density at radius 2 is 1.88 bits per heavy atom. The van der Waals surface area contributed by atoms with E-state index in [1.807, 2.05) is 0 Å². The lowest BCUT2D eigenvalue weighted by Gasteiger charge is -2.48. The van der Waals surface area contributed by atoms with Gasteiger partial charge in [0.2, 0.25) is 5.78 Å². The molecule has 2 heterocycles. The maximum absolute atomic E-state index is 13.9. The van der Waals surface area contributed by atoms with Crippen molar-refractivity contribution in [3.05, 3.63) is 45.4 Å². The number of primary amides is 1. The molecule has 12 heteroatoms. The van der Waals surface area contributed by atoms with Crippen molar-refractivity contribution < 1.29 is 44.3 Å². The quantitative estimate of drug-likeness (QED) is 0.280. The molecule has 12 nitrogen and oxygen atoms in total. The van der Waals surface area contributed by atoms with Gasteiger partial charge in [0.05, 0.1) is 18.7 Å². The van der Waals surface area contributed by atoms with Crippen LogP contribution in [-0.4, -0.2) is 87.4 Å². The maximum atomic E-state index is 13.9. The molecule has 3 aliphatic carbocycles. The van der Waals surface area contributed by atoms with E-state index in [1.54, 1.807) is 6.07 Å². The SMILES string of the molecule is COc1c([C@@H]2CCCN2C2CCOCC2)cc(O)c2c1C[C@H]1C[C@H]3[C@H](N)C(O)=C(C(N)=O)C(=O)[C@@]3(O)C(O)=C1C2=O. The number of carbonyl (C=O) groups excluding carboxylic acids is 3. The summed E-state index contributed by atoms with van der Waals surface area (Å²) in [6, 6.07) is 0.456. The molecule has 1 amide bonds. The van der Waals surface area contributed by atoms with E-state index in [0.29, 0.717) is 30.6 Å². The minimum absolute atomic E-state index is 0.0279. The maximum Gasteiger partial charge on any atom is 0.255 e. The minimum atomic E-state index is -2.73. The molecule has 6 rings (SSSR count). The number of nitrogens with zero attached hydrogens (tertiary/aromatic N) is 1. The van der Waals surface area contributed by atoms with Gasteiger partial charge in [0.1, 0.15) is 28.6 Å². The number of nitrogens with two attached hydrogens (primary N) is 2. The van der Waals surface area contributed by atoms with Gasteiger partial charge in [0.15, 0.2) is 11.4 Å². The lowest BCUT2D eigenvalue weighted by atomic mass is 9.59. The Morgan fingerprint density at radius 1 is 1.17 bits per heavy atom. The van der Waals surface area contributed by atoms with Crippen molar-refractivity contribution in [2.24, 2.45) is 23.3 Å². The molecule has 1 aromatic carbocycles. The molecule has 0 spiro atoms. The van der Waals surface area contributed by atoms with Crippen molar-refractivity contribution >= 4 is 17.5 Å². The van der Waals surface area contributed by atoms with E-state index in [2.05, 4.69) is 4.90 Å². The van der Waals surface area contributed by atoms with E-state index in [0.717, 1.165) is 37.8 Å². The van der Waals surface area contributed by atoms with Gasteiger partial charge in [0, 0.05) is 47.9 Å². The number of likely N-dealkylation sites (tertiary alicyclic amines) is 1. The van der Waals surface area contributed by atoms with Crippen LogP contribution in [0, 0.1) is 11.8 Å². The van der Waals surface area contributed by atoms with Gasteiger partial charge in [-0.05, 0) is 57.1 Å². The van der Waals surface area contributed by atoms with Gasteiger partial charge >= 0.3 is 0 Å². The third kappa shape index (κ3) is 3.84. The van der Waals surface area contributed by atoms with Gasteiger partial charge in [-0.1, -0.05) is 0 Å². The van der Waals surface area contributed by atoms with E-state index in [-0.39, 0.29) is 35.8 Å². The number of phenolic OH excluding ortho intramolecular Hbond substituents is 1. The third-order valence-electron chi connectivity index (χ3n) is 9.75. The number of ketones is 2. The topological polar surface area (TPSA) is 206 Å². The highest BCUT2D eigenvalue weighted by molar-refractivity contribution is 6.24. The molecule has 0 saturated carbocycles. The Labute approximate surface area is 236 Å². The Balaban J connectivity index is 1.45. The summed E-state index contributed by atoms with van der Waals surface area (Å²) < 4.78 is 11.5. The summed E-state index contributed by atoms with van der Waals surface area (Å²) in [5.74, 6) is -6.82. The van der Waals surface area contributed by atoms with Crippen LogP contribution in [0.2, 0.25) is 0 Å². The van der Waals surface area contributed by atoms with E-state index in [1.165, 1.54) is 7.11 Å². The number of aliphatic hydroxyl groups excluding tert-OH is 2. The number of amides is 1. The number of carbonyl (C=O) groups is 3. The van der Waals surface area contributed by atoms with Crippen LogP contribution in [0.3, 0.4) is 0 Å². The molecule has 5 aliphatic rings. The molecule has 8 N–H and O–H groups in total. The molecule has 2 fully saturated rings. The number of allylic oxidation sites excluding steroid dienone is 1. The van der Waals surface area contributed by atoms with Crippen LogP contribution in [-0.2, 0) is 20.7 Å².